The van der Waals surface area contributed by atoms with Gasteiger partial charge in [-0.1, -0.05) is 0 Å². The lowest BCUT2D eigenvalue weighted by Gasteiger charge is -2.33. The van der Waals surface area contributed by atoms with Gasteiger partial charge in [-0.25, -0.2) is 4.98 Å². The third kappa shape index (κ3) is 4.96. The van der Waals surface area contributed by atoms with E-state index in [0.717, 1.165) is 74.8 Å². The van der Waals surface area contributed by atoms with Crippen molar-refractivity contribution in [3.05, 3.63) is 35.5 Å². The number of ether oxygens (including phenoxy) is 2. The first kappa shape index (κ1) is 22.1. The Kier molecular flexibility index (Phi) is 6.45. The molecule has 2 fully saturated rings. The van der Waals surface area contributed by atoms with Crippen molar-refractivity contribution < 1.29 is 23.6 Å². The van der Waals surface area contributed by atoms with Crippen molar-refractivity contribution in [2.24, 2.45) is 0 Å². The number of rotatable bonds is 6. The lowest BCUT2D eigenvalue weighted by atomic mass is 10.1. The quantitative estimate of drug-likeness (QED) is 0.630. The molecule has 2 aromatic rings. The van der Waals surface area contributed by atoms with Gasteiger partial charge in [-0.05, 0) is 37.1 Å². The van der Waals surface area contributed by atoms with E-state index in [-0.39, 0.29) is 12.1 Å². The van der Waals surface area contributed by atoms with Crippen LogP contribution < -0.4 is 15.0 Å². The van der Waals surface area contributed by atoms with E-state index >= 15 is 0 Å². The van der Waals surface area contributed by atoms with E-state index in [4.69, 9.17) is 24.5 Å². The number of benzene rings is 1. The van der Waals surface area contributed by atoms with E-state index in [9.17, 15) is 9.00 Å². The van der Waals surface area contributed by atoms with E-state index in [2.05, 4.69) is 10.2 Å². The summed E-state index contributed by atoms with van der Waals surface area (Å²) < 4.78 is 24.1. The molecule has 0 amide bonds. The van der Waals surface area contributed by atoms with Crippen LogP contribution in [-0.4, -0.2) is 69.5 Å². The topological polar surface area (TPSA) is 117 Å². The molecular weight excluding hydrogens is 444 g/mol. The Labute approximate surface area is 195 Å². The first-order valence-electron chi connectivity index (χ1n) is 11.5. The predicted octanol–water partition coefficient (Wildman–Crippen LogP) is 1.64. The summed E-state index contributed by atoms with van der Waals surface area (Å²) in [5.74, 6) is 2.03. The molecule has 0 saturated carbocycles. The van der Waals surface area contributed by atoms with Crippen molar-refractivity contribution in [3.63, 3.8) is 0 Å². The standard InChI is InChI=1S/C23H28N4O5S/c28-22(29)15-1-3-17(4-2-15)32-18-5-10-27(11-6-18)23-25-19-9-14-33(30)20(19)21(26-23)24-16-7-12-31-13-8-16/h1-4,16,18H,5-14H2,(H,28,29)(H,24,25,26)/p+1. The fourth-order valence-corrected chi connectivity index (χ4v) is 5.82. The summed E-state index contributed by atoms with van der Waals surface area (Å²) in [6, 6.07) is 7.00. The van der Waals surface area contributed by atoms with E-state index in [1.807, 2.05) is 0 Å². The molecule has 1 aromatic carbocycles. The molecule has 3 N–H and O–H groups in total. The highest BCUT2D eigenvalue weighted by atomic mass is 32.2. The first-order chi connectivity index (χ1) is 16.1. The summed E-state index contributed by atoms with van der Waals surface area (Å²) in [5, 5.41) is 10.7. The van der Waals surface area contributed by atoms with Gasteiger partial charge in [-0.3, -0.25) is 4.21 Å². The Balaban J connectivity index is 1.26. The molecule has 1 atom stereocenters. The molecule has 3 aliphatic heterocycles. The van der Waals surface area contributed by atoms with Crippen molar-refractivity contribution in [1.29, 1.82) is 0 Å². The molecule has 2 saturated heterocycles. The molecule has 3 aliphatic rings. The highest BCUT2D eigenvalue weighted by Gasteiger charge is 2.30. The maximum Gasteiger partial charge on any atom is 0.549 e. The molecule has 4 heterocycles. The van der Waals surface area contributed by atoms with Gasteiger partial charge in [0.05, 0.1) is 16.5 Å². The van der Waals surface area contributed by atoms with Crippen LogP contribution in [0, 0.1) is 0 Å². The Hall–Kier alpha value is -2.72. The Morgan fingerprint density at radius 1 is 1.12 bits per heavy atom. The third-order valence-corrected chi connectivity index (χ3v) is 7.84. The minimum Gasteiger partial charge on any atom is -0.561 e. The number of fused-ring (bicyclic) bond motifs is 1. The fraction of sp³-hybridized carbons (Fsp3) is 0.522. The van der Waals surface area contributed by atoms with Crippen LogP contribution in [0.4, 0.5) is 11.8 Å². The zero-order valence-electron chi connectivity index (χ0n) is 18.4. The van der Waals surface area contributed by atoms with Crippen LogP contribution in [0.3, 0.4) is 0 Å². The molecule has 0 spiro atoms. The summed E-state index contributed by atoms with van der Waals surface area (Å²) in [7, 11) is -1.05. The lowest BCUT2D eigenvalue weighted by Crippen LogP contribution is -2.39. The Morgan fingerprint density at radius 2 is 1.85 bits per heavy atom. The molecule has 0 radical (unpaired) electrons. The number of hydrogen-bond donors (Lipinski definition) is 1. The number of aromatic nitrogens is 2. The molecule has 5 rings (SSSR count). The minimum absolute atomic E-state index is 0.0700. The second kappa shape index (κ2) is 9.64. The molecule has 9 nitrogen and oxygen atoms in total. The van der Waals surface area contributed by atoms with Crippen LogP contribution in [-0.2, 0) is 22.0 Å². The highest BCUT2D eigenvalue weighted by Crippen LogP contribution is 2.32. The maximum absolute atomic E-state index is 12.6. The monoisotopic (exact) mass is 473 g/mol. The average molecular weight is 474 g/mol. The van der Waals surface area contributed by atoms with E-state index in [1.165, 1.54) is 0 Å². The number of carbonyl (C=O) groups excluding carboxylic acids is 1. The van der Waals surface area contributed by atoms with Gasteiger partial charge < -0.3 is 24.8 Å². The normalized spacial score (nSPS) is 21.6. The third-order valence-electron chi connectivity index (χ3n) is 6.38. The van der Waals surface area contributed by atoms with E-state index < -0.39 is 16.8 Å². The summed E-state index contributed by atoms with van der Waals surface area (Å²) in [6.45, 7) is 3.01. The van der Waals surface area contributed by atoms with Gasteiger partial charge in [0.25, 0.3) is 0 Å². The predicted molar refractivity (Wildman–Crippen MR) is 125 cm³/mol. The Bertz CT molecular complexity index is 1030. The van der Waals surface area contributed by atoms with Gasteiger partial charge in [0.15, 0.2) is 0 Å². The van der Waals surface area contributed by atoms with Crippen LogP contribution in [0.5, 0.6) is 5.75 Å². The second-order valence-corrected chi connectivity index (χ2v) is 10.1. The van der Waals surface area contributed by atoms with E-state index in [1.54, 1.807) is 24.3 Å². The number of piperidine rings is 1. The second-order valence-electron chi connectivity index (χ2n) is 8.64. The van der Waals surface area contributed by atoms with Crippen molar-refractivity contribution in [2.45, 2.75) is 49.1 Å². The number of carbonyl (C=O) groups is 1. The molecule has 0 aliphatic carbocycles. The molecule has 1 aromatic heterocycles. The van der Waals surface area contributed by atoms with Gasteiger partial charge in [-0.15, -0.1) is 0 Å². The molecular formula is C23H29N4O5S+. The largest absolute Gasteiger partial charge is 0.561 e. The van der Waals surface area contributed by atoms with Crippen molar-refractivity contribution in [3.8, 4) is 5.75 Å². The zero-order valence-corrected chi connectivity index (χ0v) is 19.2. The summed E-state index contributed by atoms with van der Waals surface area (Å²) in [5.41, 5.74) is 1.26. The van der Waals surface area contributed by atoms with Crippen LogP contribution in [0.25, 0.3) is 0 Å². The van der Waals surface area contributed by atoms with Gasteiger partial charge >= 0.3 is 5.97 Å². The van der Waals surface area contributed by atoms with Crippen LogP contribution in [0.15, 0.2) is 29.2 Å². The number of aryl methyl sites for hydroxylation is 1. The van der Waals surface area contributed by atoms with Crippen molar-refractivity contribution in [1.82, 2.24) is 9.97 Å². The number of nitrogens with zero attached hydrogens (tertiary/aromatic N) is 3. The number of nitrogens with one attached hydrogen (secondary N) is 1. The molecule has 0 bridgehead atoms. The van der Waals surface area contributed by atoms with Crippen LogP contribution >= 0.6 is 0 Å². The van der Waals surface area contributed by atoms with E-state index in [0.29, 0.717) is 23.0 Å². The van der Waals surface area contributed by atoms with Crippen molar-refractivity contribution >= 4 is 28.5 Å². The zero-order chi connectivity index (χ0) is 22.8. The van der Waals surface area contributed by atoms with Crippen LogP contribution in [0.1, 0.15) is 41.7 Å². The van der Waals surface area contributed by atoms with Gasteiger partial charge in [0, 0.05) is 62.2 Å². The maximum atomic E-state index is 12.6. The highest BCUT2D eigenvalue weighted by molar-refractivity contribution is 7.85. The Morgan fingerprint density at radius 3 is 2.55 bits per heavy atom. The summed E-state index contributed by atoms with van der Waals surface area (Å²) >= 11 is 0. The lowest BCUT2D eigenvalue weighted by molar-refractivity contribution is 0.0696. The average Bonchev–Trinajstić information content (AvgIpc) is 3.21. The summed E-state index contributed by atoms with van der Waals surface area (Å²) in [6.07, 6.45) is 4.28. The molecule has 1 unspecified atom stereocenters. The molecule has 33 heavy (non-hydrogen) atoms. The van der Waals surface area contributed by atoms with Crippen LogP contribution in [0.2, 0.25) is 0 Å². The summed E-state index contributed by atoms with van der Waals surface area (Å²) in [4.78, 5) is 23.7. The van der Waals surface area contributed by atoms with Gasteiger partial charge in [-0.2, -0.15) is 4.98 Å². The van der Waals surface area contributed by atoms with Gasteiger partial charge in [0.2, 0.25) is 5.95 Å². The smallest absolute Gasteiger partial charge is 0.549 e. The number of hydrogen-bond acceptors (Lipinski definition) is 8. The van der Waals surface area contributed by atoms with Gasteiger partial charge in [0.1, 0.15) is 28.1 Å². The fourth-order valence-electron chi connectivity index (χ4n) is 4.51. The SMILES string of the molecule is O=C([OH2+])c1ccc(OC2CCN(c3nc4c(c(NC5CCOCC5)n3)S(=O)CC4)CC2)cc1. The first-order valence-corrected chi connectivity index (χ1v) is 12.8. The minimum atomic E-state index is -1.05. The number of anilines is 2. The molecule has 10 heteroatoms. The molecule has 176 valence electrons. The van der Waals surface area contributed by atoms with Crippen molar-refractivity contribution in [2.75, 3.05) is 42.3 Å².